The molecule has 0 aliphatic heterocycles. The Morgan fingerprint density at radius 3 is 1.22 bits per heavy atom. The van der Waals surface area contributed by atoms with E-state index in [1.54, 1.807) is 24.3 Å². The summed E-state index contributed by atoms with van der Waals surface area (Å²) < 4.78 is 0. The molecule has 8 nitrogen and oxygen atoms in total. The number of hydrogen-bond donors (Lipinski definition) is 2. The molecular formula is C38H46N4O4. The molecule has 0 aromatic heterocycles. The smallest absolute Gasteiger partial charge is 0.252 e. The van der Waals surface area contributed by atoms with Crippen LogP contribution >= 0.6 is 0 Å². The number of carbonyl (C=O) groups excluding carboxylic acids is 4. The average molecular weight is 623 g/mol. The predicted molar refractivity (Wildman–Crippen MR) is 179 cm³/mol. The van der Waals surface area contributed by atoms with Gasteiger partial charge in [-0.2, -0.15) is 0 Å². The van der Waals surface area contributed by atoms with E-state index >= 15 is 0 Å². The molecule has 2 fully saturated rings. The number of nitrogens with one attached hydrogen (secondary N) is 2. The number of nitrogens with zero attached hydrogens (tertiary/aromatic N) is 2. The van der Waals surface area contributed by atoms with Crippen molar-refractivity contribution in [3.8, 4) is 0 Å². The fraction of sp³-hybridized carbons (Fsp3) is 0.421. The highest BCUT2D eigenvalue weighted by atomic mass is 16.2. The molecule has 0 saturated heterocycles. The zero-order valence-electron chi connectivity index (χ0n) is 27.4. The number of carbonyl (C=O) groups is 4. The third-order valence-electron chi connectivity index (χ3n) is 10.1. The molecule has 4 amide bonds. The van der Waals surface area contributed by atoms with Gasteiger partial charge in [0, 0.05) is 39.3 Å². The van der Waals surface area contributed by atoms with Crippen LogP contribution in [0.4, 0.5) is 0 Å². The molecular weight excluding hydrogens is 576 g/mol. The maximum Gasteiger partial charge on any atom is 0.252 e. The monoisotopic (exact) mass is 622 g/mol. The summed E-state index contributed by atoms with van der Waals surface area (Å²) in [4.78, 5) is 58.1. The predicted octanol–water partition coefficient (Wildman–Crippen LogP) is 4.80. The van der Waals surface area contributed by atoms with E-state index < -0.39 is 10.8 Å². The number of likely N-dealkylation sites (N-methyl/N-ethyl adjacent to an activating group) is 2. The lowest BCUT2D eigenvalue weighted by atomic mass is 9.91. The third kappa shape index (κ3) is 6.05. The van der Waals surface area contributed by atoms with E-state index in [4.69, 9.17) is 0 Å². The second kappa shape index (κ2) is 13.9. The van der Waals surface area contributed by atoms with Gasteiger partial charge in [0.25, 0.3) is 11.8 Å². The van der Waals surface area contributed by atoms with Crippen molar-refractivity contribution in [1.82, 2.24) is 20.4 Å². The Labute approximate surface area is 272 Å². The fourth-order valence-electron chi connectivity index (χ4n) is 7.19. The molecule has 2 aliphatic rings. The third-order valence-corrected chi connectivity index (χ3v) is 10.1. The van der Waals surface area contributed by atoms with E-state index in [2.05, 4.69) is 10.6 Å². The summed E-state index contributed by atoms with van der Waals surface area (Å²) in [5, 5.41) is 6.05. The van der Waals surface area contributed by atoms with Crippen molar-refractivity contribution < 1.29 is 19.2 Å². The van der Waals surface area contributed by atoms with E-state index in [0.717, 1.165) is 11.1 Å². The van der Waals surface area contributed by atoms with Crippen molar-refractivity contribution in [3.05, 3.63) is 107 Å². The second-order valence-electron chi connectivity index (χ2n) is 12.4. The molecule has 3 aromatic rings. The summed E-state index contributed by atoms with van der Waals surface area (Å²) in [6.07, 6.45) is 1.32. The van der Waals surface area contributed by atoms with Gasteiger partial charge in [0.2, 0.25) is 11.8 Å². The molecule has 0 heterocycles. The molecule has 2 saturated carbocycles. The van der Waals surface area contributed by atoms with Crippen molar-refractivity contribution in [1.29, 1.82) is 0 Å². The Morgan fingerprint density at radius 2 is 0.891 bits per heavy atom. The molecule has 0 radical (unpaired) electrons. The first kappa shape index (κ1) is 32.9. The van der Waals surface area contributed by atoms with Crippen LogP contribution in [-0.2, 0) is 20.4 Å². The van der Waals surface area contributed by atoms with Crippen molar-refractivity contribution in [2.24, 2.45) is 11.8 Å². The van der Waals surface area contributed by atoms with E-state index in [-0.39, 0.29) is 46.6 Å². The molecule has 0 spiro atoms. The maximum atomic E-state index is 13.7. The Hall–Kier alpha value is -4.46. The minimum absolute atomic E-state index is 0.0442. The first-order valence-corrected chi connectivity index (χ1v) is 16.6. The van der Waals surface area contributed by atoms with Gasteiger partial charge in [0.15, 0.2) is 0 Å². The van der Waals surface area contributed by atoms with Crippen LogP contribution in [0.15, 0.2) is 84.9 Å². The minimum Gasteiger partial charge on any atom is -0.352 e. The van der Waals surface area contributed by atoms with Crippen molar-refractivity contribution in [2.45, 2.75) is 51.4 Å². The highest BCUT2D eigenvalue weighted by Gasteiger charge is 2.62. The van der Waals surface area contributed by atoms with Gasteiger partial charge in [-0.05, 0) is 75.6 Å². The molecule has 242 valence electrons. The largest absolute Gasteiger partial charge is 0.352 e. The number of amides is 4. The lowest BCUT2D eigenvalue weighted by Crippen LogP contribution is -2.42. The Kier molecular flexibility index (Phi) is 9.94. The van der Waals surface area contributed by atoms with Crippen LogP contribution < -0.4 is 10.6 Å². The molecule has 8 heteroatoms. The topological polar surface area (TPSA) is 98.8 Å². The van der Waals surface area contributed by atoms with Crippen LogP contribution in [0.25, 0.3) is 0 Å². The van der Waals surface area contributed by atoms with E-state index in [9.17, 15) is 19.2 Å². The first-order valence-electron chi connectivity index (χ1n) is 16.6. The highest BCUT2D eigenvalue weighted by molar-refractivity contribution is 6.07. The maximum absolute atomic E-state index is 13.7. The van der Waals surface area contributed by atoms with Crippen molar-refractivity contribution in [2.75, 3.05) is 39.3 Å². The Bertz CT molecular complexity index is 1440. The summed E-state index contributed by atoms with van der Waals surface area (Å²) in [5.74, 6) is -0.606. The fourth-order valence-corrected chi connectivity index (χ4v) is 7.19. The molecule has 5 rings (SSSR count). The zero-order valence-corrected chi connectivity index (χ0v) is 27.4. The van der Waals surface area contributed by atoms with Gasteiger partial charge < -0.3 is 20.4 Å². The van der Waals surface area contributed by atoms with E-state index in [1.807, 2.05) is 98.2 Å². The standard InChI is InChI=1S/C38H46N4O4/c1-5-41(6-2)35(45)37(27-17-11-9-12-18-27)23-29(37)25-39-33(43)31-21-15-16-22-32(31)34(44)40-26-30-24-38(30,28-19-13-10-14-20-28)36(46)42(7-3)8-4/h9-22,29-30H,5-8,23-26H2,1-4H3,(H,39,43)(H,40,44)/t29-,30+,37+,38-. The number of rotatable bonds is 14. The molecule has 0 bridgehead atoms. The average Bonchev–Trinajstić information content (AvgIpc) is 4.02. The molecule has 4 atom stereocenters. The molecule has 46 heavy (non-hydrogen) atoms. The minimum atomic E-state index is -0.657. The highest BCUT2D eigenvalue weighted by Crippen LogP contribution is 2.56. The SMILES string of the molecule is CCN(CC)C(=O)[C@]1(c2ccccc2)C[C@@H]1CNC(=O)c1ccccc1C(=O)NC[C@@H]1C[C@@]1(C(=O)N(CC)CC)c1ccccc1. The number of benzene rings is 3. The summed E-state index contributed by atoms with van der Waals surface area (Å²) in [5.41, 5.74) is 1.19. The van der Waals surface area contributed by atoms with Crippen LogP contribution in [0.5, 0.6) is 0 Å². The van der Waals surface area contributed by atoms with Crippen LogP contribution in [-0.4, -0.2) is 72.7 Å². The van der Waals surface area contributed by atoms with Gasteiger partial charge >= 0.3 is 0 Å². The van der Waals surface area contributed by atoms with Crippen LogP contribution in [0, 0.1) is 11.8 Å². The van der Waals surface area contributed by atoms with Crippen molar-refractivity contribution >= 4 is 23.6 Å². The van der Waals surface area contributed by atoms with Crippen LogP contribution in [0.1, 0.15) is 72.4 Å². The Balaban J connectivity index is 1.26. The number of hydrogen-bond acceptors (Lipinski definition) is 4. The summed E-state index contributed by atoms with van der Waals surface area (Å²) in [6, 6.07) is 26.4. The molecule has 2 aliphatic carbocycles. The van der Waals surface area contributed by atoms with Gasteiger partial charge in [-0.25, -0.2) is 0 Å². The molecule has 3 aromatic carbocycles. The summed E-state index contributed by atoms with van der Waals surface area (Å²) >= 11 is 0. The lowest BCUT2D eigenvalue weighted by Gasteiger charge is -2.26. The second-order valence-corrected chi connectivity index (χ2v) is 12.4. The normalized spacial score (nSPS) is 22.8. The summed E-state index contributed by atoms with van der Waals surface area (Å²) in [7, 11) is 0. The van der Waals surface area contributed by atoms with Gasteiger partial charge in [-0.15, -0.1) is 0 Å². The Morgan fingerprint density at radius 1 is 0.565 bits per heavy atom. The van der Waals surface area contributed by atoms with Crippen molar-refractivity contribution in [3.63, 3.8) is 0 Å². The van der Waals surface area contributed by atoms with E-state index in [1.165, 1.54) is 0 Å². The van der Waals surface area contributed by atoms with Gasteiger partial charge in [-0.1, -0.05) is 72.8 Å². The molecule has 2 N–H and O–H groups in total. The van der Waals surface area contributed by atoms with Gasteiger partial charge in [-0.3, -0.25) is 19.2 Å². The van der Waals surface area contributed by atoms with Crippen LogP contribution in [0.3, 0.4) is 0 Å². The zero-order chi connectivity index (χ0) is 32.9. The molecule has 0 unspecified atom stereocenters. The first-order chi connectivity index (χ1) is 22.3. The van der Waals surface area contributed by atoms with Crippen LogP contribution in [0.2, 0.25) is 0 Å². The summed E-state index contributed by atoms with van der Waals surface area (Å²) in [6.45, 7) is 11.1. The van der Waals surface area contributed by atoms with Gasteiger partial charge in [0.05, 0.1) is 22.0 Å². The van der Waals surface area contributed by atoms with E-state index in [0.29, 0.717) is 52.1 Å². The van der Waals surface area contributed by atoms with Gasteiger partial charge in [0.1, 0.15) is 0 Å². The quantitative estimate of drug-likeness (QED) is 0.270. The lowest BCUT2D eigenvalue weighted by molar-refractivity contribution is -0.134.